The highest BCUT2D eigenvalue weighted by Crippen LogP contribution is 2.17. The van der Waals surface area contributed by atoms with Crippen molar-refractivity contribution < 1.29 is 4.39 Å². The number of hydrogen-bond donors (Lipinski definition) is 2. The average molecular weight is 199 g/mol. The molecule has 0 atom stereocenters. The third kappa shape index (κ3) is 2.08. The minimum Gasteiger partial charge on any atom is -0.368 e. The van der Waals surface area contributed by atoms with Crippen LogP contribution < -0.4 is 16.4 Å². The molecule has 0 saturated carbocycles. The van der Waals surface area contributed by atoms with E-state index in [9.17, 15) is 4.39 Å². The Balaban J connectivity index is 3.07. The molecule has 0 amide bonds. The lowest BCUT2D eigenvalue weighted by atomic mass is 10.3. The molecule has 4 N–H and O–H groups in total. The van der Waals surface area contributed by atoms with Gasteiger partial charge in [0, 0.05) is 20.1 Å². The van der Waals surface area contributed by atoms with Gasteiger partial charge in [-0.05, 0) is 6.92 Å². The maximum atomic E-state index is 13.5. The fourth-order valence-electron chi connectivity index (χ4n) is 1.12. The van der Waals surface area contributed by atoms with Crippen LogP contribution in [0, 0.1) is 12.7 Å². The van der Waals surface area contributed by atoms with Crippen molar-refractivity contribution in [3.05, 3.63) is 11.5 Å². The molecule has 0 aliphatic rings. The van der Waals surface area contributed by atoms with Crippen molar-refractivity contribution >= 4 is 11.8 Å². The standard InChI is InChI=1S/C8H14FN5/c1-5-6(9)7(13-8(11)12-5)14(2)4-3-10/h3-4,10H2,1-2H3,(H2,11,12,13). The molecule has 1 heterocycles. The zero-order chi connectivity index (χ0) is 10.7. The maximum absolute atomic E-state index is 13.5. The Labute approximate surface area is 81.9 Å². The number of nitrogen functional groups attached to an aromatic ring is 1. The van der Waals surface area contributed by atoms with Crippen LogP contribution in [0.4, 0.5) is 16.2 Å². The number of aryl methyl sites for hydroxylation is 1. The Morgan fingerprint density at radius 2 is 2.07 bits per heavy atom. The van der Waals surface area contributed by atoms with Crippen molar-refractivity contribution in [2.24, 2.45) is 5.73 Å². The Kier molecular flexibility index (Phi) is 3.19. The number of rotatable bonds is 3. The van der Waals surface area contributed by atoms with Crippen LogP contribution in [0.25, 0.3) is 0 Å². The van der Waals surface area contributed by atoms with Crippen molar-refractivity contribution in [3.63, 3.8) is 0 Å². The molecule has 0 aromatic carbocycles. The van der Waals surface area contributed by atoms with Crippen LogP contribution in [0.5, 0.6) is 0 Å². The summed E-state index contributed by atoms with van der Waals surface area (Å²) in [6, 6.07) is 0. The largest absolute Gasteiger partial charge is 0.368 e. The van der Waals surface area contributed by atoms with E-state index in [0.29, 0.717) is 13.1 Å². The number of nitrogens with two attached hydrogens (primary N) is 2. The van der Waals surface area contributed by atoms with Gasteiger partial charge in [0.25, 0.3) is 0 Å². The van der Waals surface area contributed by atoms with E-state index in [1.54, 1.807) is 18.9 Å². The van der Waals surface area contributed by atoms with E-state index in [1.165, 1.54) is 0 Å². The SMILES string of the molecule is Cc1nc(N)nc(N(C)CCN)c1F. The molecular formula is C8H14FN5. The highest BCUT2D eigenvalue weighted by atomic mass is 19.1. The van der Waals surface area contributed by atoms with Crippen molar-refractivity contribution in [2.45, 2.75) is 6.92 Å². The van der Waals surface area contributed by atoms with E-state index in [4.69, 9.17) is 11.5 Å². The van der Waals surface area contributed by atoms with Gasteiger partial charge in [-0.15, -0.1) is 0 Å². The van der Waals surface area contributed by atoms with Gasteiger partial charge in [-0.3, -0.25) is 0 Å². The summed E-state index contributed by atoms with van der Waals surface area (Å²) >= 11 is 0. The summed E-state index contributed by atoms with van der Waals surface area (Å²) in [6.45, 7) is 2.50. The molecule has 0 spiro atoms. The smallest absolute Gasteiger partial charge is 0.222 e. The number of hydrogen-bond acceptors (Lipinski definition) is 5. The monoisotopic (exact) mass is 199 g/mol. The summed E-state index contributed by atoms with van der Waals surface area (Å²) in [4.78, 5) is 9.14. The van der Waals surface area contributed by atoms with Crippen LogP contribution in [-0.2, 0) is 0 Å². The number of nitrogens with zero attached hydrogens (tertiary/aromatic N) is 3. The summed E-state index contributed by atoms with van der Waals surface area (Å²) in [6.07, 6.45) is 0. The molecule has 0 radical (unpaired) electrons. The van der Waals surface area contributed by atoms with Crippen LogP contribution in [-0.4, -0.2) is 30.1 Å². The summed E-state index contributed by atoms with van der Waals surface area (Å²) < 4.78 is 13.5. The highest BCUT2D eigenvalue weighted by Gasteiger charge is 2.13. The topological polar surface area (TPSA) is 81.1 Å². The molecule has 0 aliphatic carbocycles. The van der Waals surface area contributed by atoms with Gasteiger partial charge in [-0.25, -0.2) is 9.37 Å². The Hall–Kier alpha value is -1.43. The van der Waals surface area contributed by atoms with E-state index in [2.05, 4.69) is 9.97 Å². The van der Waals surface area contributed by atoms with E-state index >= 15 is 0 Å². The number of likely N-dealkylation sites (N-methyl/N-ethyl adjacent to an activating group) is 1. The second kappa shape index (κ2) is 4.19. The molecule has 0 fully saturated rings. The molecule has 78 valence electrons. The van der Waals surface area contributed by atoms with E-state index < -0.39 is 5.82 Å². The fraction of sp³-hybridized carbons (Fsp3) is 0.500. The first-order valence-electron chi connectivity index (χ1n) is 4.27. The zero-order valence-corrected chi connectivity index (χ0v) is 8.29. The third-order valence-electron chi connectivity index (χ3n) is 1.84. The van der Waals surface area contributed by atoms with Crippen molar-refractivity contribution in [3.8, 4) is 0 Å². The second-order valence-electron chi connectivity index (χ2n) is 3.02. The number of aromatic nitrogens is 2. The molecule has 1 aromatic rings. The van der Waals surface area contributed by atoms with Gasteiger partial charge in [0.2, 0.25) is 5.95 Å². The summed E-state index contributed by atoms with van der Waals surface area (Å²) in [5, 5.41) is 0. The van der Waals surface area contributed by atoms with Gasteiger partial charge in [0.15, 0.2) is 11.6 Å². The first-order valence-corrected chi connectivity index (χ1v) is 4.27. The number of halogens is 1. The lowest BCUT2D eigenvalue weighted by molar-refractivity contribution is 0.597. The van der Waals surface area contributed by atoms with E-state index in [0.717, 1.165) is 0 Å². The van der Waals surface area contributed by atoms with Crippen LogP contribution in [0.15, 0.2) is 0 Å². The fourth-order valence-corrected chi connectivity index (χ4v) is 1.12. The molecule has 0 bridgehead atoms. The highest BCUT2D eigenvalue weighted by molar-refractivity contribution is 5.44. The van der Waals surface area contributed by atoms with E-state index in [1.807, 2.05) is 0 Å². The van der Waals surface area contributed by atoms with Crippen molar-refractivity contribution in [1.82, 2.24) is 9.97 Å². The van der Waals surface area contributed by atoms with Gasteiger partial charge in [0.05, 0.1) is 5.69 Å². The molecule has 0 aliphatic heterocycles. The molecule has 5 nitrogen and oxygen atoms in total. The Morgan fingerprint density at radius 1 is 1.43 bits per heavy atom. The van der Waals surface area contributed by atoms with Gasteiger partial charge in [0.1, 0.15) is 0 Å². The Bertz CT molecular complexity index is 328. The van der Waals surface area contributed by atoms with Crippen molar-refractivity contribution in [1.29, 1.82) is 0 Å². The van der Waals surface area contributed by atoms with Gasteiger partial charge < -0.3 is 16.4 Å². The summed E-state index contributed by atoms with van der Waals surface area (Å²) in [5.41, 5.74) is 11.0. The molecule has 0 saturated heterocycles. The molecule has 0 unspecified atom stereocenters. The lowest BCUT2D eigenvalue weighted by Gasteiger charge is -2.18. The van der Waals surface area contributed by atoms with E-state index in [-0.39, 0.29) is 17.5 Å². The average Bonchev–Trinajstić information content (AvgIpc) is 2.11. The summed E-state index contributed by atoms with van der Waals surface area (Å²) in [7, 11) is 1.71. The Morgan fingerprint density at radius 3 is 2.64 bits per heavy atom. The number of anilines is 2. The van der Waals surface area contributed by atoms with Crippen LogP contribution in [0.2, 0.25) is 0 Å². The first-order chi connectivity index (χ1) is 6.56. The zero-order valence-electron chi connectivity index (χ0n) is 8.29. The first kappa shape index (κ1) is 10.6. The predicted octanol–water partition coefficient (Wildman–Crippen LogP) is -0.0988. The minimum atomic E-state index is -0.449. The third-order valence-corrected chi connectivity index (χ3v) is 1.84. The minimum absolute atomic E-state index is 0.0720. The maximum Gasteiger partial charge on any atom is 0.222 e. The molecule has 14 heavy (non-hydrogen) atoms. The van der Waals surface area contributed by atoms with Crippen LogP contribution in [0.3, 0.4) is 0 Å². The van der Waals surface area contributed by atoms with Gasteiger partial charge >= 0.3 is 0 Å². The quantitative estimate of drug-likeness (QED) is 0.710. The molecule has 6 heteroatoms. The normalized spacial score (nSPS) is 10.3. The van der Waals surface area contributed by atoms with Crippen LogP contribution >= 0.6 is 0 Å². The predicted molar refractivity (Wildman–Crippen MR) is 53.5 cm³/mol. The van der Waals surface area contributed by atoms with Gasteiger partial charge in [-0.2, -0.15) is 4.98 Å². The van der Waals surface area contributed by atoms with Gasteiger partial charge in [-0.1, -0.05) is 0 Å². The summed E-state index contributed by atoms with van der Waals surface area (Å²) in [5.74, 6) is -0.182. The van der Waals surface area contributed by atoms with Crippen LogP contribution in [0.1, 0.15) is 5.69 Å². The molecule has 1 rings (SSSR count). The molecular weight excluding hydrogens is 185 g/mol. The lowest BCUT2D eigenvalue weighted by Crippen LogP contribution is -2.27. The molecule has 1 aromatic heterocycles. The van der Waals surface area contributed by atoms with Crippen molar-refractivity contribution in [2.75, 3.05) is 30.8 Å². The second-order valence-corrected chi connectivity index (χ2v) is 3.02.